The van der Waals surface area contributed by atoms with Crippen molar-refractivity contribution >= 4 is 17.5 Å². The number of fused-ring (bicyclic) bond motifs is 2. The van der Waals surface area contributed by atoms with Crippen LogP contribution >= 0.6 is 0 Å². The number of pyridine rings is 1. The first-order valence-electron chi connectivity index (χ1n) is 10.1. The number of hydrogen-bond donors (Lipinski definition) is 0. The van der Waals surface area contributed by atoms with Gasteiger partial charge < -0.3 is 9.47 Å². The van der Waals surface area contributed by atoms with Gasteiger partial charge in [-0.1, -0.05) is 18.2 Å². The molecule has 8 heteroatoms. The van der Waals surface area contributed by atoms with E-state index in [0.29, 0.717) is 36.7 Å². The minimum Gasteiger partial charge on any atom is -0.477 e. The molecule has 2 aromatic carbocycles. The van der Waals surface area contributed by atoms with E-state index in [1.54, 1.807) is 18.3 Å². The Morgan fingerprint density at radius 2 is 2.06 bits per heavy atom. The quantitative estimate of drug-likeness (QED) is 0.347. The van der Waals surface area contributed by atoms with Gasteiger partial charge in [-0.25, -0.2) is 0 Å². The highest BCUT2D eigenvalue weighted by atomic mass is 16.6. The zero-order valence-electron chi connectivity index (χ0n) is 17.3. The van der Waals surface area contributed by atoms with Gasteiger partial charge in [0.1, 0.15) is 18.2 Å². The molecule has 0 bridgehead atoms. The van der Waals surface area contributed by atoms with Gasteiger partial charge in [0, 0.05) is 42.5 Å². The first-order chi connectivity index (χ1) is 15.5. The van der Waals surface area contributed by atoms with Crippen molar-refractivity contribution in [3.05, 3.63) is 98.5 Å². The van der Waals surface area contributed by atoms with Gasteiger partial charge in [-0.15, -0.1) is 0 Å². The number of non-ortho nitro benzene ring substituents is 1. The minimum absolute atomic E-state index is 0.0460. The molecule has 0 atom stereocenters. The van der Waals surface area contributed by atoms with Gasteiger partial charge in [0.05, 0.1) is 16.2 Å². The van der Waals surface area contributed by atoms with Gasteiger partial charge in [0.2, 0.25) is 5.78 Å². The average Bonchev–Trinajstić information content (AvgIpc) is 3.10. The first-order valence-corrected chi connectivity index (χ1v) is 10.1. The summed E-state index contributed by atoms with van der Waals surface area (Å²) in [6, 6.07) is 13.7. The molecule has 0 amide bonds. The molecule has 0 fully saturated rings. The highest BCUT2D eigenvalue weighted by Gasteiger charge is 2.33. The molecule has 0 N–H and O–H groups in total. The Balaban J connectivity index is 1.43. The number of aromatic nitrogens is 1. The van der Waals surface area contributed by atoms with Crippen LogP contribution in [0.5, 0.6) is 11.5 Å². The molecular weight excluding hydrogens is 410 g/mol. The van der Waals surface area contributed by atoms with E-state index in [-0.39, 0.29) is 17.2 Å². The fourth-order valence-corrected chi connectivity index (χ4v) is 4.00. The van der Waals surface area contributed by atoms with Crippen molar-refractivity contribution in [2.24, 2.45) is 0 Å². The number of hydrogen-bond acceptors (Lipinski definition) is 7. The number of nitro groups is 1. The molecule has 0 unspecified atom stereocenters. The lowest BCUT2D eigenvalue weighted by atomic mass is 10.00. The minimum atomic E-state index is -0.472. The lowest BCUT2D eigenvalue weighted by Gasteiger charge is -2.30. The number of ketones is 1. The molecule has 3 aromatic rings. The Morgan fingerprint density at radius 3 is 2.84 bits per heavy atom. The maximum absolute atomic E-state index is 13.0. The second-order valence-corrected chi connectivity index (χ2v) is 7.74. The number of allylic oxidation sites excluding steroid dienone is 1. The Labute approximate surface area is 183 Å². The molecule has 2 aliphatic rings. The van der Waals surface area contributed by atoms with Crippen LogP contribution in [-0.2, 0) is 13.1 Å². The monoisotopic (exact) mass is 429 g/mol. The second-order valence-electron chi connectivity index (χ2n) is 7.74. The van der Waals surface area contributed by atoms with Gasteiger partial charge in [-0.3, -0.25) is 24.8 Å². The van der Waals surface area contributed by atoms with Crippen molar-refractivity contribution in [1.29, 1.82) is 0 Å². The van der Waals surface area contributed by atoms with Crippen LogP contribution in [0.2, 0.25) is 0 Å². The van der Waals surface area contributed by atoms with Crippen LogP contribution in [0.15, 0.2) is 60.5 Å². The largest absolute Gasteiger partial charge is 0.477 e. The van der Waals surface area contributed by atoms with E-state index in [4.69, 9.17) is 9.47 Å². The van der Waals surface area contributed by atoms with Crippen LogP contribution in [0.1, 0.15) is 32.7 Å². The average molecular weight is 429 g/mol. The van der Waals surface area contributed by atoms with Crippen molar-refractivity contribution < 1.29 is 19.2 Å². The number of benzene rings is 2. The van der Waals surface area contributed by atoms with Crippen molar-refractivity contribution in [3.8, 4) is 11.5 Å². The highest BCUT2D eigenvalue weighted by molar-refractivity contribution is 6.15. The van der Waals surface area contributed by atoms with E-state index in [2.05, 4.69) is 9.88 Å². The van der Waals surface area contributed by atoms with Gasteiger partial charge in [-0.2, -0.15) is 0 Å². The summed E-state index contributed by atoms with van der Waals surface area (Å²) in [5.41, 5.74) is 3.58. The van der Waals surface area contributed by atoms with E-state index < -0.39 is 4.92 Å². The van der Waals surface area contributed by atoms with Crippen LogP contribution in [0.25, 0.3) is 6.08 Å². The number of carbonyl (C=O) groups excluding carboxylic acids is 1. The molecule has 0 aliphatic carbocycles. The van der Waals surface area contributed by atoms with Gasteiger partial charge >= 0.3 is 0 Å². The molecule has 1 aromatic heterocycles. The maximum atomic E-state index is 13.0. The maximum Gasteiger partial charge on any atom is 0.270 e. The molecule has 0 radical (unpaired) electrons. The molecule has 8 nitrogen and oxygen atoms in total. The van der Waals surface area contributed by atoms with Gasteiger partial charge in [-0.05, 0) is 36.8 Å². The summed E-state index contributed by atoms with van der Waals surface area (Å²) in [7, 11) is 0. The third-order valence-electron chi connectivity index (χ3n) is 5.49. The Morgan fingerprint density at radius 1 is 1.19 bits per heavy atom. The summed E-state index contributed by atoms with van der Waals surface area (Å²) in [4.78, 5) is 30.1. The van der Waals surface area contributed by atoms with E-state index in [9.17, 15) is 14.9 Å². The number of rotatable bonds is 4. The van der Waals surface area contributed by atoms with Crippen LogP contribution in [-0.4, -0.2) is 27.3 Å². The summed E-state index contributed by atoms with van der Waals surface area (Å²) in [5.74, 6) is 1.09. The topological polar surface area (TPSA) is 94.8 Å². The molecule has 32 heavy (non-hydrogen) atoms. The number of ether oxygens (including phenoxy) is 2. The molecule has 5 rings (SSSR count). The summed E-state index contributed by atoms with van der Waals surface area (Å²) < 4.78 is 11.9. The van der Waals surface area contributed by atoms with Crippen molar-refractivity contribution in [2.45, 2.75) is 20.0 Å². The third-order valence-corrected chi connectivity index (χ3v) is 5.49. The molecule has 0 saturated heterocycles. The fourth-order valence-electron chi connectivity index (χ4n) is 4.00. The molecule has 160 valence electrons. The van der Waals surface area contributed by atoms with Crippen LogP contribution < -0.4 is 9.47 Å². The molecule has 2 aliphatic heterocycles. The fraction of sp³-hybridized carbons (Fsp3) is 0.167. The lowest BCUT2D eigenvalue weighted by molar-refractivity contribution is -0.384. The standard InChI is InChI=1S/C24H19N3O5/c1-15-23-17(12-26(14-31-23)13-18-6-2-3-8-25-18)11-20-22(28)21(32-24(15)20)10-16-5-4-7-19(9-16)27(29)30/h2-11H,12-14H2,1H3/b21-10-. The number of nitro benzene ring substituents is 1. The number of nitrogens with zero attached hydrogens (tertiary/aromatic N) is 3. The van der Waals surface area contributed by atoms with Gasteiger partial charge in [0.15, 0.2) is 5.76 Å². The predicted molar refractivity (Wildman–Crippen MR) is 116 cm³/mol. The van der Waals surface area contributed by atoms with E-state index in [1.165, 1.54) is 18.2 Å². The molecular formula is C24H19N3O5. The van der Waals surface area contributed by atoms with Crippen LogP contribution in [0.3, 0.4) is 0 Å². The van der Waals surface area contributed by atoms with Crippen molar-refractivity contribution in [3.63, 3.8) is 0 Å². The Kier molecular flexibility index (Phi) is 4.91. The van der Waals surface area contributed by atoms with E-state index >= 15 is 0 Å². The summed E-state index contributed by atoms with van der Waals surface area (Å²) >= 11 is 0. The predicted octanol–water partition coefficient (Wildman–Crippen LogP) is 4.27. The third kappa shape index (κ3) is 3.61. The van der Waals surface area contributed by atoms with Crippen molar-refractivity contribution in [1.82, 2.24) is 9.88 Å². The molecule has 3 heterocycles. The second kappa shape index (κ2) is 7.90. The zero-order chi connectivity index (χ0) is 22.2. The zero-order valence-corrected chi connectivity index (χ0v) is 17.3. The summed E-state index contributed by atoms with van der Waals surface area (Å²) in [6.07, 6.45) is 3.29. The molecule has 0 saturated carbocycles. The number of Topliss-reactive ketones (excluding diaryl/α,β-unsaturated/α-hetero) is 1. The SMILES string of the molecule is Cc1c2c(cc3c1O/C(=C\c1cccc([N+](=O)[O-])c1)C3=O)CN(Cc1ccccn1)CO2. The normalized spacial score (nSPS) is 16.3. The molecule has 0 spiro atoms. The van der Waals surface area contributed by atoms with Gasteiger partial charge in [0.25, 0.3) is 5.69 Å². The van der Waals surface area contributed by atoms with Crippen molar-refractivity contribution in [2.75, 3.05) is 6.73 Å². The lowest BCUT2D eigenvalue weighted by Crippen LogP contribution is -2.32. The Hall–Kier alpha value is -4.04. The number of carbonyl (C=O) groups is 1. The van der Waals surface area contributed by atoms with E-state index in [1.807, 2.05) is 31.2 Å². The van der Waals surface area contributed by atoms with E-state index in [0.717, 1.165) is 22.6 Å². The summed E-state index contributed by atoms with van der Waals surface area (Å²) in [6.45, 7) is 3.54. The highest BCUT2D eigenvalue weighted by Crippen LogP contribution is 2.43. The van der Waals surface area contributed by atoms with Crippen LogP contribution in [0, 0.1) is 17.0 Å². The Bertz CT molecular complexity index is 1270. The van der Waals surface area contributed by atoms with Crippen LogP contribution in [0.4, 0.5) is 5.69 Å². The first kappa shape index (κ1) is 19.9. The smallest absolute Gasteiger partial charge is 0.270 e. The summed E-state index contributed by atoms with van der Waals surface area (Å²) in [5, 5.41) is 11.0.